The minimum absolute atomic E-state index is 0.208. The number of anilines is 1. The predicted octanol–water partition coefficient (Wildman–Crippen LogP) is 2.75. The summed E-state index contributed by atoms with van der Waals surface area (Å²) in [6, 6.07) is 11.7. The van der Waals surface area contributed by atoms with Gasteiger partial charge in [-0.3, -0.25) is 4.98 Å². The average Bonchev–Trinajstić information content (AvgIpc) is 2.42. The number of aryl methyl sites for hydroxylation is 1. The van der Waals surface area contributed by atoms with Crippen LogP contribution in [0.4, 0.5) is 10.5 Å². The first kappa shape index (κ1) is 13.1. The first-order valence-corrected chi connectivity index (χ1v) is 6.24. The number of rotatable bonds is 4. The van der Waals surface area contributed by atoms with Crippen molar-refractivity contribution in [1.82, 2.24) is 10.3 Å². The summed E-state index contributed by atoms with van der Waals surface area (Å²) >= 11 is 0. The number of benzene rings is 1. The molecule has 0 unspecified atom stereocenters. The van der Waals surface area contributed by atoms with E-state index in [0.717, 1.165) is 6.42 Å². The molecule has 2 rings (SSSR count). The lowest BCUT2D eigenvalue weighted by Gasteiger charge is -2.07. The second kappa shape index (κ2) is 6.54. The van der Waals surface area contributed by atoms with Gasteiger partial charge in [0.15, 0.2) is 0 Å². The lowest BCUT2D eigenvalue weighted by Crippen LogP contribution is -2.30. The summed E-state index contributed by atoms with van der Waals surface area (Å²) in [4.78, 5) is 15.5. The Labute approximate surface area is 112 Å². The number of carbonyl (C=O) groups is 1. The van der Waals surface area contributed by atoms with Gasteiger partial charge in [0.2, 0.25) is 0 Å². The van der Waals surface area contributed by atoms with Crippen LogP contribution in [0.2, 0.25) is 0 Å². The first-order valence-electron chi connectivity index (χ1n) is 6.24. The van der Waals surface area contributed by atoms with Gasteiger partial charge in [-0.2, -0.15) is 0 Å². The van der Waals surface area contributed by atoms with Gasteiger partial charge < -0.3 is 10.6 Å². The van der Waals surface area contributed by atoms with Gasteiger partial charge in [0.05, 0.1) is 11.9 Å². The molecule has 2 amide bonds. The van der Waals surface area contributed by atoms with E-state index in [1.54, 1.807) is 24.5 Å². The van der Waals surface area contributed by atoms with Crippen LogP contribution in [-0.2, 0) is 6.42 Å². The van der Waals surface area contributed by atoms with E-state index in [1.807, 2.05) is 0 Å². The number of carbonyl (C=O) groups excluding carboxylic acids is 1. The van der Waals surface area contributed by atoms with Crippen LogP contribution in [0, 0.1) is 6.92 Å². The molecule has 1 aromatic heterocycles. The van der Waals surface area contributed by atoms with E-state index in [0.29, 0.717) is 12.2 Å². The van der Waals surface area contributed by atoms with Crippen LogP contribution in [0.25, 0.3) is 0 Å². The number of amides is 2. The molecule has 2 N–H and O–H groups in total. The molecule has 0 aliphatic carbocycles. The minimum Gasteiger partial charge on any atom is -0.338 e. The summed E-state index contributed by atoms with van der Waals surface area (Å²) in [5, 5.41) is 5.54. The van der Waals surface area contributed by atoms with Gasteiger partial charge >= 0.3 is 6.03 Å². The number of pyridine rings is 1. The predicted molar refractivity (Wildman–Crippen MR) is 76.1 cm³/mol. The van der Waals surface area contributed by atoms with E-state index in [-0.39, 0.29) is 6.03 Å². The molecule has 1 heterocycles. The van der Waals surface area contributed by atoms with E-state index in [2.05, 4.69) is 46.8 Å². The van der Waals surface area contributed by atoms with E-state index in [4.69, 9.17) is 0 Å². The number of nitrogens with one attached hydrogen (secondary N) is 2. The molecule has 1 aromatic carbocycles. The lowest BCUT2D eigenvalue weighted by atomic mass is 10.1. The van der Waals surface area contributed by atoms with Crippen molar-refractivity contribution in [3.05, 3.63) is 59.9 Å². The van der Waals surface area contributed by atoms with Gasteiger partial charge in [0.25, 0.3) is 0 Å². The molecule has 0 spiro atoms. The third-order valence-electron chi connectivity index (χ3n) is 2.74. The normalized spacial score (nSPS) is 9.95. The lowest BCUT2D eigenvalue weighted by molar-refractivity contribution is 0.252. The molecule has 19 heavy (non-hydrogen) atoms. The monoisotopic (exact) mass is 255 g/mol. The molecular weight excluding hydrogens is 238 g/mol. The van der Waals surface area contributed by atoms with Crippen LogP contribution in [0.3, 0.4) is 0 Å². The highest BCUT2D eigenvalue weighted by molar-refractivity contribution is 5.88. The fraction of sp³-hybridized carbons (Fsp3) is 0.200. The zero-order valence-corrected chi connectivity index (χ0v) is 10.9. The Kier molecular flexibility index (Phi) is 4.50. The van der Waals surface area contributed by atoms with Crippen molar-refractivity contribution in [1.29, 1.82) is 0 Å². The Bertz CT molecular complexity index is 523. The summed E-state index contributed by atoms with van der Waals surface area (Å²) in [5.74, 6) is 0. The maximum absolute atomic E-state index is 11.6. The van der Waals surface area contributed by atoms with Crippen LogP contribution >= 0.6 is 0 Å². The van der Waals surface area contributed by atoms with E-state index < -0.39 is 0 Å². The maximum atomic E-state index is 11.6. The van der Waals surface area contributed by atoms with E-state index >= 15 is 0 Å². The molecule has 0 atom stereocenters. The van der Waals surface area contributed by atoms with Crippen LogP contribution in [0.5, 0.6) is 0 Å². The van der Waals surface area contributed by atoms with Crippen LogP contribution < -0.4 is 10.6 Å². The number of aromatic nitrogens is 1. The Morgan fingerprint density at radius 2 is 2.00 bits per heavy atom. The molecule has 0 bridgehead atoms. The standard InChI is InChI=1S/C15H17N3O/c1-12-4-6-13(7-5-12)8-10-17-15(19)18-14-3-2-9-16-11-14/h2-7,9,11H,8,10H2,1H3,(H2,17,18,19). The van der Waals surface area contributed by atoms with Gasteiger partial charge in [-0.15, -0.1) is 0 Å². The summed E-state index contributed by atoms with van der Waals surface area (Å²) in [6.45, 7) is 2.67. The van der Waals surface area contributed by atoms with Gasteiger partial charge in [-0.05, 0) is 31.0 Å². The number of hydrogen-bond donors (Lipinski definition) is 2. The summed E-state index contributed by atoms with van der Waals surface area (Å²) in [6.07, 6.45) is 4.10. The largest absolute Gasteiger partial charge is 0.338 e. The topological polar surface area (TPSA) is 54.0 Å². The first-order chi connectivity index (χ1) is 9.24. The quantitative estimate of drug-likeness (QED) is 0.882. The molecule has 98 valence electrons. The van der Waals surface area contributed by atoms with Crippen molar-refractivity contribution in [2.24, 2.45) is 0 Å². The Balaban J connectivity index is 1.74. The molecule has 4 nitrogen and oxygen atoms in total. The number of urea groups is 1. The molecule has 2 aromatic rings. The van der Waals surface area contributed by atoms with Crippen molar-refractivity contribution in [2.75, 3.05) is 11.9 Å². The molecule has 0 fully saturated rings. The highest BCUT2D eigenvalue weighted by Gasteiger charge is 2.00. The molecule has 4 heteroatoms. The van der Waals surface area contributed by atoms with Gasteiger partial charge in [0, 0.05) is 12.7 Å². The Morgan fingerprint density at radius 1 is 1.21 bits per heavy atom. The zero-order valence-electron chi connectivity index (χ0n) is 10.9. The van der Waals surface area contributed by atoms with E-state index in [9.17, 15) is 4.79 Å². The summed E-state index contributed by atoms with van der Waals surface area (Å²) in [5.41, 5.74) is 3.15. The maximum Gasteiger partial charge on any atom is 0.319 e. The van der Waals surface area contributed by atoms with Crippen molar-refractivity contribution in [2.45, 2.75) is 13.3 Å². The van der Waals surface area contributed by atoms with Crippen molar-refractivity contribution in [3.63, 3.8) is 0 Å². The van der Waals surface area contributed by atoms with Crippen molar-refractivity contribution in [3.8, 4) is 0 Å². The highest BCUT2D eigenvalue weighted by Crippen LogP contribution is 2.04. The second-order valence-electron chi connectivity index (χ2n) is 4.36. The van der Waals surface area contributed by atoms with Gasteiger partial charge in [-0.25, -0.2) is 4.79 Å². The van der Waals surface area contributed by atoms with Crippen LogP contribution in [0.15, 0.2) is 48.8 Å². The third kappa shape index (κ3) is 4.43. The minimum atomic E-state index is -0.208. The summed E-state index contributed by atoms with van der Waals surface area (Å²) < 4.78 is 0. The smallest absolute Gasteiger partial charge is 0.319 e. The van der Waals surface area contributed by atoms with Crippen molar-refractivity contribution < 1.29 is 4.79 Å². The zero-order chi connectivity index (χ0) is 13.5. The number of nitrogens with zero attached hydrogens (tertiary/aromatic N) is 1. The summed E-state index contributed by atoms with van der Waals surface area (Å²) in [7, 11) is 0. The molecule has 0 saturated heterocycles. The number of hydrogen-bond acceptors (Lipinski definition) is 2. The second-order valence-corrected chi connectivity index (χ2v) is 4.36. The SMILES string of the molecule is Cc1ccc(CCNC(=O)Nc2cccnc2)cc1. The van der Waals surface area contributed by atoms with Crippen molar-refractivity contribution >= 4 is 11.7 Å². The van der Waals surface area contributed by atoms with Crippen LogP contribution in [0.1, 0.15) is 11.1 Å². The van der Waals surface area contributed by atoms with Gasteiger partial charge in [0.1, 0.15) is 0 Å². The fourth-order valence-corrected chi connectivity index (χ4v) is 1.69. The molecular formula is C15H17N3O. The molecule has 0 radical (unpaired) electrons. The average molecular weight is 255 g/mol. The Morgan fingerprint density at radius 3 is 2.68 bits per heavy atom. The highest BCUT2D eigenvalue weighted by atomic mass is 16.2. The fourth-order valence-electron chi connectivity index (χ4n) is 1.69. The molecule has 0 aliphatic rings. The van der Waals surface area contributed by atoms with E-state index in [1.165, 1.54) is 11.1 Å². The van der Waals surface area contributed by atoms with Crippen LogP contribution in [-0.4, -0.2) is 17.6 Å². The Hall–Kier alpha value is -2.36. The van der Waals surface area contributed by atoms with Gasteiger partial charge in [-0.1, -0.05) is 29.8 Å². The molecule has 0 saturated carbocycles. The molecule has 0 aliphatic heterocycles. The third-order valence-corrected chi connectivity index (χ3v) is 2.74.